The zero-order chi connectivity index (χ0) is 9.10. The van der Waals surface area contributed by atoms with E-state index in [1.165, 1.54) is 11.1 Å². The SMILES string of the molecule is S=C1CC=CC=C1C1=CCNCC1. The van der Waals surface area contributed by atoms with Gasteiger partial charge in [-0.3, -0.25) is 0 Å². The van der Waals surface area contributed by atoms with E-state index in [1.807, 2.05) is 0 Å². The Balaban J connectivity index is 2.23. The van der Waals surface area contributed by atoms with Gasteiger partial charge in [0, 0.05) is 17.8 Å². The van der Waals surface area contributed by atoms with Gasteiger partial charge in [0.15, 0.2) is 0 Å². The first-order chi connectivity index (χ1) is 6.38. The van der Waals surface area contributed by atoms with Crippen molar-refractivity contribution >= 4 is 17.1 Å². The molecular formula is C11H13NS. The summed E-state index contributed by atoms with van der Waals surface area (Å²) < 4.78 is 0. The van der Waals surface area contributed by atoms with Gasteiger partial charge in [-0.05, 0) is 24.1 Å². The Kier molecular flexibility index (Phi) is 2.71. The van der Waals surface area contributed by atoms with E-state index in [0.717, 1.165) is 30.8 Å². The third-order valence-corrected chi connectivity index (χ3v) is 2.80. The van der Waals surface area contributed by atoms with Crippen molar-refractivity contribution in [2.75, 3.05) is 13.1 Å². The van der Waals surface area contributed by atoms with Crippen molar-refractivity contribution in [3.05, 3.63) is 35.5 Å². The molecule has 0 aromatic rings. The van der Waals surface area contributed by atoms with Gasteiger partial charge in [0.05, 0.1) is 0 Å². The van der Waals surface area contributed by atoms with Crippen LogP contribution >= 0.6 is 12.2 Å². The summed E-state index contributed by atoms with van der Waals surface area (Å²) in [5.41, 5.74) is 2.71. The highest BCUT2D eigenvalue weighted by molar-refractivity contribution is 7.80. The van der Waals surface area contributed by atoms with Crippen LogP contribution in [0.3, 0.4) is 0 Å². The lowest BCUT2D eigenvalue weighted by Crippen LogP contribution is -2.22. The molecule has 2 aliphatic rings. The molecule has 1 aliphatic carbocycles. The van der Waals surface area contributed by atoms with E-state index in [-0.39, 0.29) is 0 Å². The van der Waals surface area contributed by atoms with Crippen molar-refractivity contribution in [3.8, 4) is 0 Å². The van der Waals surface area contributed by atoms with Gasteiger partial charge in [0.1, 0.15) is 0 Å². The molecule has 0 aromatic heterocycles. The molecule has 0 amide bonds. The van der Waals surface area contributed by atoms with Gasteiger partial charge in [0.2, 0.25) is 0 Å². The lowest BCUT2D eigenvalue weighted by Gasteiger charge is -2.18. The molecule has 0 bridgehead atoms. The maximum atomic E-state index is 5.33. The minimum absolute atomic E-state index is 0.936. The first kappa shape index (κ1) is 8.85. The Hall–Kier alpha value is -0.730. The van der Waals surface area contributed by atoms with Crippen LogP contribution in [0.15, 0.2) is 35.5 Å². The summed E-state index contributed by atoms with van der Waals surface area (Å²) in [6.07, 6.45) is 10.7. The molecule has 13 heavy (non-hydrogen) atoms. The third-order valence-electron chi connectivity index (χ3n) is 2.41. The van der Waals surface area contributed by atoms with E-state index in [1.54, 1.807) is 0 Å². The van der Waals surface area contributed by atoms with Crippen LogP contribution in [0.2, 0.25) is 0 Å². The first-order valence-corrected chi connectivity index (χ1v) is 5.09. The number of thiocarbonyl (C=S) groups is 1. The molecule has 0 spiro atoms. The highest BCUT2D eigenvalue weighted by Gasteiger charge is 2.12. The monoisotopic (exact) mass is 191 g/mol. The van der Waals surface area contributed by atoms with Gasteiger partial charge in [-0.15, -0.1) is 0 Å². The van der Waals surface area contributed by atoms with Crippen LogP contribution < -0.4 is 5.32 Å². The lowest BCUT2D eigenvalue weighted by atomic mass is 9.93. The average molecular weight is 191 g/mol. The quantitative estimate of drug-likeness (QED) is 0.637. The lowest BCUT2D eigenvalue weighted by molar-refractivity contribution is 0.710. The molecule has 68 valence electrons. The summed E-state index contributed by atoms with van der Waals surface area (Å²) >= 11 is 5.33. The maximum Gasteiger partial charge on any atom is 0.0264 e. The van der Waals surface area contributed by atoms with E-state index in [0.29, 0.717) is 0 Å². The van der Waals surface area contributed by atoms with E-state index in [4.69, 9.17) is 12.2 Å². The van der Waals surface area contributed by atoms with Gasteiger partial charge in [-0.2, -0.15) is 0 Å². The number of nitrogens with one attached hydrogen (secondary N) is 1. The molecule has 0 radical (unpaired) electrons. The molecule has 1 N–H and O–H groups in total. The van der Waals surface area contributed by atoms with E-state index >= 15 is 0 Å². The van der Waals surface area contributed by atoms with Crippen molar-refractivity contribution in [2.24, 2.45) is 0 Å². The fourth-order valence-electron chi connectivity index (χ4n) is 1.70. The summed E-state index contributed by atoms with van der Waals surface area (Å²) in [6.45, 7) is 2.06. The molecule has 2 rings (SSSR count). The molecular weight excluding hydrogens is 178 g/mol. The molecule has 1 aliphatic heterocycles. The first-order valence-electron chi connectivity index (χ1n) is 4.68. The van der Waals surface area contributed by atoms with Crippen molar-refractivity contribution in [3.63, 3.8) is 0 Å². The molecule has 1 nitrogen and oxygen atoms in total. The van der Waals surface area contributed by atoms with Crippen LogP contribution in [-0.2, 0) is 0 Å². The topological polar surface area (TPSA) is 12.0 Å². The van der Waals surface area contributed by atoms with E-state index in [2.05, 4.69) is 29.6 Å². The molecule has 0 aromatic carbocycles. The third kappa shape index (κ3) is 1.95. The normalized spacial score (nSPS) is 22.6. The van der Waals surface area contributed by atoms with Crippen molar-refractivity contribution in [2.45, 2.75) is 12.8 Å². The summed E-state index contributed by atoms with van der Waals surface area (Å²) in [7, 11) is 0. The van der Waals surface area contributed by atoms with Crippen LogP contribution in [-0.4, -0.2) is 18.0 Å². The fraction of sp³-hybridized carbons (Fsp3) is 0.364. The predicted molar refractivity (Wildman–Crippen MR) is 60.0 cm³/mol. The second-order valence-corrected chi connectivity index (χ2v) is 3.81. The van der Waals surface area contributed by atoms with Crippen LogP contribution in [0, 0.1) is 0 Å². The van der Waals surface area contributed by atoms with Crippen LogP contribution in [0.4, 0.5) is 0 Å². The number of rotatable bonds is 1. The Morgan fingerprint density at radius 2 is 2.31 bits per heavy atom. The fourth-order valence-corrected chi connectivity index (χ4v) is 1.99. The largest absolute Gasteiger partial charge is 0.313 e. The Bertz CT molecular complexity index is 310. The molecule has 0 saturated heterocycles. The van der Waals surface area contributed by atoms with Crippen molar-refractivity contribution in [1.82, 2.24) is 5.32 Å². The summed E-state index contributed by atoms with van der Waals surface area (Å²) in [5, 5.41) is 3.30. The van der Waals surface area contributed by atoms with Gasteiger partial charge < -0.3 is 5.32 Å². The molecule has 0 unspecified atom stereocenters. The van der Waals surface area contributed by atoms with Gasteiger partial charge in [-0.1, -0.05) is 36.5 Å². The zero-order valence-electron chi connectivity index (χ0n) is 7.55. The van der Waals surface area contributed by atoms with Gasteiger partial charge in [0.25, 0.3) is 0 Å². The Morgan fingerprint density at radius 1 is 1.38 bits per heavy atom. The smallest absolute Gasteiger partial charge is 0.0264 e. The van der Waals surface area contributed by atoms with Crippen molar-refractivity contribution in [1.29, 1.82) is 0 Å². The minimum atomic E-state index is 0.936. The second-order valence-electron chi connectivity index (χ2n) is 3.32. The minimum Gasteiger partial charge on any atom is -0.313 e. The molecule has 1 heterocycles. The van der Waals surface area contributed by atoms with Gasteiger partial charge in [-0.25, -0.2) is 0 Å². The molecule has 0 fully saturated rings. The van der Waals surface area contributed by atoms with Crippen molar-refractivity contribution < 1.29 is 0 Å². The highest BCUT2D eigenvalue weighted by atomic mass is 32.1. The van der Waals surface area contributed by atoms with E-state index in [9.17, 15) is 0 Å². The molecule has 0 saturated carbocycles. The number of hydrogen-bond acceptors (Lipinski definition) is 2. The average Bonchev–Trinajstić information content (AvgIpc) is 2.20. The second kappa shape index (κ2) is 3.99. The summed E-state index contributed by atoms with van der Waals surface area (Å²) in [4.78, 5) is 1.09. The predicted octanol–water partition coefficient (Wildman–Crippen LogP) is 2.16. The highest BCUT2D eigenvalue weighted by Crippen LogP contribution is 2.22. The molecule has 2 heteroatoms. The number of allylic oxidation sites excluding steroid dienone is 4. The summed E-state index contributed by atoms with van der Waals surface area (Å²) in [5.74, 6) is 0. The maximum absolute atomic E-state index is 5.33. The Labute approximate surface area is 84.2 Å². The number of hydrogen-bond donors (Lipinski definition) is 1. The Morgan fingerprint density at radius 3 is 3.00 bits per heavy atom. The zero-order valence-corrected chi connectivity index (χ0v) is 8.36. The molecule has 0 atom stereocenters. The van der Waals surface area contributed by atoms with E-state index < -0.39 is 0 Å². The van der Waals surface area contributed by atoms with Crippen LogP contribution in [0.5, 0.6) is 0 Å². The van der Waals surface area contributed by atoms with Crippen LogP contribution in [0.1, 0.15) is 12.8 Å². The van der Waals surface area contributed by atoms with Crippen LogP contribution in [0.25, 0.3) is 0 Å². The van der Waals surface area contributed by atoms with Gasteiger partial charge >= 0.3 is 0 Å². The standard InChI is InChI=1S/C11H13NS/c13-11-4-2-1-3-10(11)9-5-7-12-8-6-9/h1-3,5,12H,4,6-8H2. The summed E-state index contributed by atoms with van der Waals surface area (Å²) in [6, 6.07) is 0.